The van der Waals surface area contributed by atoms with Crippen LogP contribution in [0.25, 0.3) is 0 Å². The topological polar surface area (TPSA) is 104 Å². The lowest BCUT2D eigenvalue weighted by atomic mass is 10.1. The van der Waals surface area contributed by atoms with E-state index in [9.17, 15) is 27.2 Å². The zero-order chi connectivity index (χ0) is 24.8. The Bertz CT molecular complexity index is 1120. The van der Waals surface area contributed by atoms with Crippen molar-refractivity contribution < 1.29 is 27.2 Å². The van der Waals surface area contributed by atoms with Crippen LogP contribution in [-0.2, 0) is 26.2 Å². The van der Waals surface area contributed by atoms with Gasteiger partial charge < -0.3 is 10.2 Å². The Morgan fingerprint density at radius 3 is 2.27 bits per heavy atom. The van der Waals surface area contributed by atoms with E-state index in [-0.39, 0.29) is 18.0 Å². The van der Waals surface area contributed by atoms with Crippen molar-refractivity contribution in [1.29, 1.82) is 0 Å². The summed E-state index contributed by atoms with van der Waals surface area (Å²) >= 11 is 0. The van der Waals surface area contributed by atoms with E-state index in [2.05, 4.69) is 5.32 Å². The van der Waals surface area contributed by atoms with Gasteiger partial charge in [0, 0.05) is 18.7 Å². The quantitative estimate of drug-likeness (QED) is 0.529. The number of anilines is 1. The molecule has 0 aliphatic carbocycles. The van der Waals surface area contributed by atoms with Crippen molar-refractivity contribution >= 4 is 33.3 Å². The van der Waals surface area contributed by atoms with Crippen LogP contribution in [0.3, 0.4) is 0 Å². The lowest BCUT2D eigenvalue weighted by Crippen LogP contribution is -2.51. The number of ketones is 1. The van der Waals surface area contributed by atoms with Crippen LogP contribution >= 0.6 is 0 Å². The first-order chi connectivity index (χ1) is 15.4. The number of amides is 2. The summed E-state index contributed by atoms with van der Waals surface area (Å²) in [5.74, 6) is -1.73. The maximum absolute atomic E-state index is 13.3. The summed E-state index contributed by atoms with van der Waals surface area (Å²) in [6, 6.07) is 10.5. The molecule has 0 saturated heterocycles. The van der Waals surface area contributed by atoms with Gasteiger partial charge in [-0.15, -0.1) is 0 Å². The summed E-state index contributed by atoms with van der Waals surface area (Å²) < 4.78 is 39.2. The van der Waals surface area contributed by atoms with Crippen LogP contribution in [-0.4, -0.2) is 56.3 Å². The number of hydrogen-bond acceptors (Lipinski definition) is 5. The largest absolute Gasteiger partial charge is 0.355 e. The summed E-state index contributed by atoms with van der Waals surface area (Å²) in [7, 11) is -3.90. The number of Topliss-reactive ketones (excluding diaryl/α,β-unsaturated/α-hetero) is 1. The fourth-order valence-corrected chi connectivity index (χ4v) is 4.03. The molecule has 2 aromatic carbocycles. The van der Waals surface area contributed by atoms with Gasteiger partial charge in [0.25, 0.3) is 0 Å². The molecule has 1 atom stereocenters. The number of carbonyl (C=O) groups is 3. The Hall–Kier alpha value is -3.27. The number of nitrogens with one attached hydrogen (secondary N) is 1. The highest BCUT2D eigenvalue weighted by Crippen LogP contribution is 2.21. The molecule has 2 amide bonds. The lowest BCUT2D eigenvalue weighted by Gasteiger charge is -2.31. The van der Waals surface area contributed by atoms with E-state index >= 15 is 0 Å². The summed E-state index contributed by atoms with van der Waals surface area (Å²) in [4.78, 5) is 38.8. The highest BCUT2D eigenvalue weighted by atomic mass is 32.2. The van der Waals surface area contributed by atoms with Gasteiger partial charge in [0.05, 0.1) is 11.9 Å². The average Bonchev–Trinajstić information content (AvgIpc) is 2.75. The maximum atomic E-state index is 13.3. The predicted molar refractivity (Wildman–Crippen MR) is 124 cm³/mol. The van der Waals surface area contributed by atoms with E-state index in [4.69, 9.17) is 0 Å². The third-order valence-corrected chi connectivity index (χ3v) is 6.14. The van der Waals surface area contributed by atoms with Gasteiger partial charge in [-0.3, -0.25) is 18.7 Å². The molecule has 0 aromatic heterocycles. The third kappa shape index (κ3) is 7.11. The minimum atomic E-state index is -3.90. The fraction of sp³-hybridized carbons (Fsp3) is 0.348. The molecular formula is C23H28FN3O5S. The second-order valence-electron chi connectivity index (χ2n) is 7.59. The molecule has 0 heterocycles. The van der Waals surface area contributed by atoms with E-state index in [1.54, 1.807) is 13.0 Å². The molecule has 0 fully saturated rings. The molecule has 1 N–H and O–H groups in total. The summed E-state index contributed by atoms with van der Waals surface area (Å²) in [5.41, 5.74) is 1.03. The number of sulfonamides is 1. The van der Waals surface area contributed by atoms with Gasteiger partial charge >= 0.3 is 0 Å². The molecule has 0 spiro atoms. The monoisotopic (exact) mass is 477 g/mol. The molecule has 0 aliphatic rings. The number of hydrogen-bond donors (Lipinski definition) is 1. The van der Waals surface area contributed by atoms with E-state index in [0.717, 1.165) is 10.6 Å². The van der Waals surface area contributed by atoms with E-state index in [0.29, 0.717) is 17.7 Å². The van der Waals surface area contributed by atoms with Crippen LogP contribution in [0.4, 0.5) is 10.1 Å². The van der Waals surface area contributed by atoms with Crippen LogP contribution in [0.5, 0.6) is 0 Å². The Balaban J connectivity index is 2.41. The molecule has 10 heteroatoms. The van der Waals surface area contributed by atoms with Crippen LogP contribution in [0.1, 0.15) is 36.7 Å². The number of carbonyl (C=O) groups excluding carboxylic acids is 3. The number of nitrogens with zero attached hydrogens (tertiary/aromatic N) is 2. The van der Waals surface area contributed by atoms with E-state index < -0.39 is 40.2 Å². The van der Waals surface area contributed by atoms with Gasteiger partial charge in [-0.2, -0.15) is 0 Å². The van der Waals surface area contributed by atoms with E-state index in [1.807, 2.05) is 0 Å². The zero-order valence-electron chi connectivity index (χ0n) is 19.0. The van der Waals surface area contributed by atoms with Crippen molar-refractivity contribution in [2.75, 3.05) is 23.7 Å². The Morgan fingerprint density at radius 2 is 1.73 bits per heavy atom. The molecule has 0 radical (unpaired) electrons. The van der Waals surface area contributed by atoms with Crippen LogP contribution in [0.2, 0.25) is 0 Å². The first-order valence-electron chi connectivity index (χ1n) is 10.3. The highest BCUT2D eigenvalue weighted by molar-refractivity contribution is 7.92. The van der Waals surface area contributed by atoms with Gasteiger partial charge in [-0.1, -0.05) is 24.3 Å². The summed E-state index contributed by atoms with van der Waals surface area (Å²) in [6.45, 7) is 4.38. The van der Waals surface area contributed by atoms with Crippen molar-refractivity contribution in [3.05, 3.63) is 65.5 Å². The first-order valence-corrected chi connectivity index (χ1v) is 12.2. The van der Waals surface area contributed by atoms with Crippen molar-refractivity contribution in [2.24, 2.45) is 0 Å². The summed E-state index contributed by atoms with van der Waals surface area (Å²) in [6.07, 6.45) is 0.957. The Kier molecular flexibility index (Phi) is 8.69. The SMILES string of the molecule is CCNC(=O)C(C)N(Cc1ccc(F)cc1)C(=O)CN(c1cccc(C(C)=O)c1)S(C)(=O)=O. The lowest BCUT2D eigenvalue weighted by molar-refractivity contribution is -0.139. The zero-order valence-corrected chi connectivity index (χ0v) is 19.9. The average molecular weight is 478 g/mol. The molecule has 8 nitrogen and oxygen atoms in total. The van der Waals surface area contributed by atoms with Gasteiger partial charge in [0.2, 0.25) is 21.8 Å². The van der Waals surface area contributed by atoms with Gasteiger partial charge in [0.15, 0.2) is 5.78 Å². The van der Waals surface area contributed by atoms with E-state index in [1.165, 1.54) is 61.2 Å². The molecule has 178 valence electrons. The maximum Gasteiger partial charge on any atom is 0.244 e. The molecule has 2 rings (SSSR count). The number of halogens is 1. The van der Waals surface area contributed by atoms with Crippen molar-refractivity contribution in [2.45, 2.75) is 33.4 Å². The smallest absolute Gasteiger partial charge is 0.244 e. The second-order valence-corrected chi connectivity index (χ2v) is 9.50. The first kappa shape index (κ1) is 26.0. The van der Waals surface area contributed by atoms with Gasteiger partial charge in [-0.05, 0) is 50.6 Å². The summed E-state index contributed by atoms with van der Waals surface area (Å²) in [5, 5.41) is 2.65. The number of likely N-dealkylation sites (N-methyl/N-ethyl adjacent to an activating group) is 1. The molecule has 2 aromatic rings. The van der Waals surface area contributed by atoms with Crippen LogP contribution in [0.15, 0.2) is 48.5 Å². The normalized spacial score (nSPS) is 12.0. The Morgan fingerprint density at radius 1 is 1.09 bits per heavy atom. The Labute approximate surface area is 193 Å². The van der Waals surface area contributed by atoms with Crippen molar-refractivity contribution in [3.8, 4) is 0 Å². The molecule has 0 aliphatic heterocycles. The van der Waals surface area contributed by atoms with Crippen molar-refractivity contribution in [1.82, 2.24) is 10.2 Å². The second kappa shape index (κ2) is 11.0. The molecule has 33 heavy (non-hydrogen) atoms. The minimum Gasteiger partial charge on any atom is -0.355 e. The third-order valence-electron chi connectivity index (χ3n) is 5.00. The molecule has 0 saturated carbocycles. The molecule has 0 bridgehead atoms. The van der Waals surface area contributed by atoms with Gasteiger partial charge in [-0.25, -0.2) is 12.8 Å². The van der Waals surface area contributed by atoms with Gasteiger partial charge in [0.1, 0.15) is 18.4 Å². The molecular weight excluding hydrogens is 449 g/mol. The minimum absolute atomic E-state index is 0.0253. The van der Waals surface area contributed by atoms with Crippen molar-refractivity contribution in [3.63, 3.8) is 0 Å². The predicted octanol–water partition coefficient (Wildman–Crippen LogP) is 2.35. The van der Waals surface area contributed by atoms with Crippen LogP contribution < -0.4 is 9.62 Å². The number of rotatable bonds is 10. The fourth-order valence-electron chi connectivity index (χ4n) is 3.18. The highest BCUT2D eigenvalue weighted by Gasteiger charge is 2.30. The van der Waals surface area contributed by atoms with Crippen LogP contribution in [0, 0.1) is 5.82 Å². The number of benzene rings is 2. The molecule has 1 unspecified atom stereocenters. The standard InChI is InChI=1S/C23H28FN3O5S/c1-5-25-23(30)16(2)26(14-18-9-11-20(24)12-10-18)22(29)15-27(33(4,31)32)21-8-6-7-19(13-21)17(3)28/h6-13,16H,5,14-15H2,1-4H3,(H,25,30).